The van der Waals surface area contributed by atoms with Crippen molar-refractivity contribution in [1.29, 1.82) is 0 Å². The summed E-state index contributed by atoms with van der Waals surface area (Å²) in [6, 6.07) is 82.6. The van der Waals surface area contributed by atoms with Crippen LogP contribution in [-0.2, 0) is 0 Å². The summed E-state index contributed by atoms with van der Waals surface area (Å²) in [4.78, 5) is 0. The molecular weight excluding hydrogens is 795 g/mol. The van der Waals surface area contributed by atoms with Crippen LogP contribution in [-0.4, -0.2) is 13.7 Å². The first kappa shape index (κ1) is 35.4. The highest BCUT2D eigenvalue weighted by atomic mass is 32.1. The summed E-state index contributed by atoms with van der Waals surface area (Å²) in [5, 5.41) is 10.1. The van der Waals surface area contributed by atoms with E-state index in [1.807, 2.05) is 11.3 Å². The first-order valence-electron chi connectivity index (χ1n) is 21.9. The maximum absolute atomic E-state index is 2.51. The molecular formula is C60H37N3S. The number of aromatic nitrogens is 3. The predicted octanol–water partition coefficient (Wildman–Crippen LogP) is 16.7. The van der Waals surface area contributed by atoms with Gasteiger partial charge in [-0.05, 0) is 95.1 Å². The largest absolute Gasteiger partial charge is 0.309 e. The van der Waals surface area contributed by atoms with Crippen LogP contribution in [0.25, 0.3) is 125 Å². The van der Waals surface area contributed by atoms with E-state index in [1.165, 1.54) is 114 Å². The SMILES string of the molecule is c1ccc(-c2ccccc2-c2ccc3c(c2)sc2cccc(-n4c5ccccc5c5ccc(-n6c7ccccc7c7cc(-n8c9ccccc9c9ccccc98)ccc76)cc54)c23)cc1. The lowest BCUT2D eigenvalue weighted by Gasteiger charge is -2.13. The van der Waals surface area contributed by atoms with Gasteiger partial charge in [0.05, 0.1) is 38.8 Å². The van der Waals surface area contributed by atoms with E-state index in [2.05, 4.69) is 238 Å². The summed E-state index contributed by atoms with van der Waals surface area (Å²) in [5.74, 6) is 0. The Morgan fingerprint density at radius 1 is 0.266 bits per heavy atom. The van der Waals surface area contributed by atoms with Gasteiger partial charge < -0.3 is 13.7 Å². The van der Waals surface area contributed by atoms with E-state index in [1.54, 1.807) is 0 Å². The molecule has 0 aliphatic carbocycles. The summed E-state index contributed by atoms with van der Waals surface area (Å²) >= 11 is 1.88. The molecule has 0 spiro atoms. The molecule has 4 heteroatoms. The molecule has 14 aromatic rings. The molecule has 0 atom stereocenters. The van der Waals surface area contributed by atoms with Crippen molar-refractivity contribution < 1.29 is 0 Å². The Balaban J connectivity index is 0.969. The van der Waals surface area contributed by atoms with E-state index >= 15 is 0 Å². The molecule has 0 saturated carbocycles. The van der Waals surface area contributed by atoms with Gasteiger partial charge in [-0.15, -0.1) is 11.3 Å². The molecule has 64 heavy (non-hydrogen) atoms. The smallest absolute Gasteiger partial charge is 0.0562 e. The third kappa shape index (κ3) is 5.09. The minimum atomic E-state index is 1.14. The molecule has 0 aliphatic heterocycles. The van der Waals surface area contributed by atoms with Crippen molar-refractivity contribution in [3.05, 3.63) is 224 Å². The number of para-hydroxylation sites is 4. The Kier molecular flexibility index (Phi) is 7.56. The van der Waals surface area contributed by atoms with Crippen LogP contribution in [0, 0.1) is 0 Å². The molecule has 0 aliphatic rings. The van der Waals surface area contributed by atoms with Gasteiger partial charge in [0.1, 0.15) is 0 Å². The van der Waals surface area contributed by atoms with Crippen LogP contribution in [0.4, 0.5) is 0 Å². The highest BCUT2D eigenvalue weighted by Crippen LogP contribution is 2.44. The van der Waals surface area contributed by atoms with E-state index in [4.69, 9.17) is 0 Å². The van der Waals surface area contributed by atoms with E-state index in [-0.39, 0.29) is 0 Å². The minimum absolute atomic E-state index is 1.14. The molecule has 298 valence electrons. The Morgan fingerprint density at radius 3 is 1.44 bits per heavy atom. The number of rotatable bonds is 5. The second kappa shape index (κ2) is 13.7. The molecule has 3 nitrogen and oxygen atoms in total. The Morgan fingerprint density at radius 2 is 0.766 bits per heavy atom. The fourth-order valence-electron chi connectivity index (χ4n) is 10.7. The van der Waals surface area contributed by atoms with Gasteiger partial charge in [0, 0.05) is 63.9 Å². The average Bonchev–Trinajstić information content (AvgIpc) is 4.10. The number of hydrogen-bond donors (Lipinski definition) is 0. The quantitative estimate of drug-likeness (QED) is 0.164. The lowest BCUT2D eigenvalue weighted by atomic mass is 9.94. The van der Waals surface area contributed by atoms with Crippen LogP contribution in [0.2, 0.25) is 0 Å². The van der Waals surface area contributed by atoms with Gasteiger partial charge in [0.15, 0.2) is 0 Å². The highest BCUT2D eigenvalue weighted by molar-refractivity contribution is 7.26. The number of nitrogens with zero attached hydrogens (tertiary/aromatic N) is 3. The Labute approximate surface area is 372 Å². The zero-order valence-corrected chi connectivity index (χ0v) is 35.4. The third-order valence-electron chi connectivity index (χ3n) is 13.4. The molecule has 0 unspecified atom stereocenters. The van der Waals surface area contributed by atoms with E-state index < -0.39 is 0 Å². The van der Waals surface area contributed by atoms with Gasteiger partial charge in [0.25, 0.3) is 0 Å². The molecule has 0 amide bonds. The zero-order chi connectivity index (χ0) is 41.9. The summed E-state index contributed by atoms with van der Waals surface area (Å²) in [7, 11) is 0. The van der Waals surface area contributed by atoms with Crippen LogP contribution in [0.15, 0.2) is 224 Å². The van der Waals surface area contributed by atoms with Gasteiger partial charge in [-0.1, -0.05) is 152 Å². The molecule has 0 saturated heterocycles. The van der Waals surface area contributed by atoms with Gasteiger partial charge >= 0.3 is 0 Å². The van der Waals surface area contributed by atoms with Crippen molar-refractivity contribution in [2.45, 2.75) is 0 Å². The zero-order valence-electron chi connectivity index (χ0n) is 34.6. The van der Waals surface area contributed by atoms with Crippen molar-refractivity contribution in [3.8, 4) is 39.3 Å². The lowest BCUT2D eigenvalue weighted by molar-refractivity contribution is 1.16. The molecule has 14 rings (SSSR count). The summed E-state index contributed by atoms with van der Waals surface area (Å²) < 4.78 is 9.95. The van der Waals surface area contributed by atoms with E-state index in [0.717, 1.165) is 11.4 Å². The Hall–Kier alpha value is -8.18. The van der Waals surface area contributed by atoms with Crippen LogP contribution in [0.5, 0.6) is 0 Å². The summed E-state index contributed by atoms with van der Waals surface area (Å²) in [6.07, 6.45) is 0. The number of benzene rings is 10. The fourth-order valence-corrected chi connectivity index (χ4v) is 11.9. The molecule has 10 aromatic carbocycles. The fraction of sp³-hybridized carbons (Fsp3) is 0. The Bertz CT molecular complexity index is 4140. The van der Waals surface area contributed by atoms with E-state index in [0.29, 0.717) is 0 Å². The minimum Gasteiger partial charge on any atom is -0.309 e. The molecule has 4 aromatic heterocycles. The van der Waals surface area contributed by atoms with Gasteiger partial charge in [-0.2, -0.15) is 0 Å². The second-order valence-corrected chi connectivity index (χ2v) is 17.9. The normalized spacial score (nSPS) is 12.1. The monoisotopic (exact) mass is 831 g/mol. The number of thiophene rings is 1. The van der Waals surface area contributed by atoms with E-state index in [9.17, 15) is 0 Å². The molecule has 0 radical (unpaired) electrons. The number of hydrogen-bond acceptors (Lipinski definition) is 1. The second-order valence-electron chi connectivity index (χ2n) is 16.9. The number of fused-ring (bicyclic) bond motifs is 12. The topological polar surface area (TPSA) is 14.8 Å². The van der Waals surface area contributed by atoms with Gasteiger partial charge in [0.2, 0.25) is 0 Å². The predicted molar refractivity (Wildman–Crippen MR) is 273 cm³/mol. The van der Waals surface area contributed by atoms with Crippen molar-refractivity contribution in [3.63, 3.8) is 0 Å². The average molecular weight is 832 g/mol. The van der Waals surface area contributed by atoms with Crippen molar-refractivity contribution in [1.82, 2.24) is 13.7 Å². The van der Waals surface area contributed by atoms with Gasteiger partial charge in [-0.3, -0.25) is 0 Å². The third-order valence-corrected chi connectivity index (χ3v) is 14.6. The maximum Gasteiger partial charge on any atom is 0.0562 e. The molecule has 4 heterocycles. The van der Waals surface area contributed by atoms with Crippen LogP contribution in [0.1, 0.15) is 0 Å². The van der Waals surface area contributed by atoms with Crippen LogP contribution >= 0.6 is 11.3 Å². The van der Waals surface area contributed by atoms with Gasteiger partial charge in [-0.25, -0.2) is 0 Å². The summed E-state index contributed by atoms with van der Waals surface area (Å²) in [6.45, 7) is 0. The van der Waals surface area contributed by atoms with Crippen LogP contribution < -0.4 is 0 Å². The maximum atomic E-state index is 2.51. The molecule has 0 N–H and O–H groups in total. The highest BCUT2D eigenvalue weighted by Gasteiger charge is 2.21. The summed E-state index contributed by atoms with van der Waals surface area (Å²) in [5.41, 5.74) is 15.6. The first-order valence-corrected chi connectivity index (χ1v) is 22.7. The van der Waals surface area contributed by atoms with Crippen molar-refractivity contribution in [2.24, 2.45) is 0 Å². The first-order chi connectivity index (χ1) is 31.8. The lowest BCUT2D eigenvalue weighted by Crippen LogP contribution is -1.98. The van der Waals surface area contributed by atoms with Crippen LogP contribution in [0.3, 0.4) is 0 Å². The molecule has 0 bridgehead atoms. The molecule has 0 fully saturated rings. The van der Waals surface area contributed by atoms with Crippen molar-refractivity contribution >= 4 is 96.9 Å². The standard InChI is InChI=1S/C60H37N3S/c1-2-15-38(16-3-1)42-17-4-5-18-43(42)39-29-32-49-59(35-39)64-58-28-14-27-56(60(49)58)63-54-26-13-8-21-46(54)48-33-30-41(37-57(48)63)62-53-25-12-9-22-47(53)50-36-40(31-34-55(50)62)61-51-23-10-6-19-44(51)45-20-7-11-24-52(45)61/h1-37H. The van der Waals surface area contributed by atoms with Crippen molar-refractivity contribution in [2.75, 3.05) is 0 Å².